The number of amides is 2. The fourth-order valence-electron chi connectivity index (χ4n) is 2.62. The lowest BCUT2D eigenvalue weighted by Crippen LogP contribution is -2.34. The Kier molecular flexibility index (Phi) is 5.95. The van der Waals surface area contributed by atoms with Crippen LogP contribution in [0.25, 0.3) is 5.69 Å². The average molecular weight is 380 g/mol. The van der Waals surface area contributed by atoms with E-state index in [4.69, 9.17) is 4.74 Å². The number of benzene rings is 2. The second-order valence-electron chi connectivity index (χ2n) is 6.00. The van der Waals surface area contributed by atoms with Crippen molar-refractivity contribution in [1.82, 2.24) is 30.8 Å². The highest BCUT2D eigenvalue weighted by molar-refractivity contribution is 5.95. The van der Waals surface area contributed by atoms with Crippen molar-refractivity contribution in [2.24, 2.45) is 0 Å². The maximum Gasteiger partial charge on any atom is 0.251 e. The summed E-state index contributed by atoms with van der Waals surface area (Å²) in [6.45, 7) is 2.51. The van der Waals surface area contributed by atoms with E-state index < -0.39 is 0 Å². The standard InChI is InChI=1S/C19H20N6O3/c1-13-11-15(5-8-17(13)25-12-22-23-24-25)19(27)21-10-9-20-18(26)14-3-6-16(28-2)7-4-14/h3-8,11-12H,9-10H2,1-2H3,(H,20,26)(H,21,27). The number of carbonyl (C=O) groups is 2. The molecule has 0 aliphatic carbocycles. The van der Waals surface area contributed by atoms with Crippen molar-refractivity contribution >= 4 is 11.8 Å². The highest BCUT2D eigenvalue weighted by Crippen LogP contribution is 2.14. The molecule has 0 unspecified atom stereocenters. The van der Waals surface area contributed by atoms with Gasteiger partial charge in [0, 0.05) is 24.2 Å². The summed E-state index contributed by atoms with van der Waals surface area (Å²) >= 11 is 0. The van der Waals surface area contributed by atoms with Crippen LogP contribution in [0.2, 0.25) is 0 Å². The van der Waals surface area contributed by atoms with Crippen molar-refractivity contribution < 1.29 is 14.3 Å². The molecule has 1 heterocycles. The first-order valence-corrected chi connectivity index (χ1v) is 8.63. The van der Waals surface area contributed by atoms with Crippen molar-refractivity contribution in [1.29, 1.82) is 0 Å². The Balaban J connectivity index is 1.49. The number of hydrogen-bond acceptors (Lipinski definition) is 6. The summed E-state index contributed by atoms with van der Waals surface area (Å²) in [7, 11) is 1.57. The molecule has 0 fully saturated rings. The monoisotopic (exact) mass is 380 g/mol. The Morgan fingerprint density at radius 1 is 1.00 bits per heavy atom. The van der Waals surface area contributed by atoms with Gasteiger partial charge in [0.15, 0.2) is 0 Å². The number of aryl methyl sites for hydroxylation is 1. The molecule has 0 saturated carbocycles. The van der Waals surface area contributed by atoms with Gasteiger partial charge < -0.3 is 15.4 Å². The molecule has 9 heteroatoms. The van der Waals surface area contributed by atoms with E-state index in [0.717, 1.165) is 11.3 Å². The van der Waals surface area contributed by atoms with E-state index in [1.165, 1.54) is 11.0 Å². The van der Waals surface area contributed by atoms with Crippen molar-refractivity contribution in [3.63, 3.8) is 0 Å². The van der Waals surface area contributed by atoms with Crippen molar-refractivity contribution in [2.75, 3.05) is 20.2 Å². The number of tetrazole rings is 1. The lowest BCUT2D eigenvalue weighted by Gasteiger charge is -2.09. The normalized spacial score (nSPS) is 10.4. The molecule has 0 spiro atoms. The van der Waals surface area contributed by atoms with Crippen molar-refractivity contribution in [3.8, 4) is 11.4 Å². The summed E-state index contributed by atoms with van der Waals surface area (Å²) in [5.41, 5.74) is 2.72. The van der Waals surface area contributed by atoms with Gasteiger partial charge in [-0.15, -0.1) is 5.10 Å². The summed E-state index contributed by atoms with van der Waals surface area (Å²) in [5.74, 6) is 0.258. The molecular weight excluding hydrogens is 360 g/mol. The van der Waals surface area contributed by atoms with E-state index in [1.54, 1.807) is 49.6 Å². The maximum absolute atomic E-state index is 12.3. The molecule has 0 atom stereocenters. The van der Waals surface area contributed by atoms with E-state index >= 15 is 0 Å². The molecule has 0 saturated heterocycles. The molecular formula is C19H20N6O3. The number of hydrogen-bond donors (Lipinski definition) is 2. The number of ether oxygens (including phenoxy) is 1. The Bertz CT molecular complexity index is 954. The molecule has 2 N–H and O–H groups in total. The van der Waals surface area contributed by atoms with Gasteiger partial charge in [0.25, 0.3) is 11.8 Å². The number of rotatable bonds is 7. The summed E-state index contributed by atoms with van der Waals surface area (Å²) in [6.07, 6.45) is 1.49. The van der Waals surface area contributed by atoms with Gasteiger partial charge >= 0.3 is 0 Å². The molecule has 3 rings (SSSR count). The fourth-order valence-corrected chi connectivity index (χ4v) is 2.62. The van der Waals surface area contributed by atoms with Crippen LogP contribution in [0.3, 0.4) is 0 Å². The van der Waals surface area contributed by atoms with Crippen LogP contribution in [-0.2, 0) is 0 Å². The summed E-state index contributed by atoms with van der Waals surface area (Å²) < 4.78 is 6.60. The van der Waals surface area contributed by atoms with E-state index in [9.17, 15) is 9.59 Å². The first-order chi connectivity index (χ1) is 13.6. The summed E-state index contributed by atoms with van der Waals surface area (Å²) in [5, 5.41) is 16.6. The second kappa shape index (κ2) is 8.76. The first kappa shape index (κ1) is 19.0. The quantitative estimate of drug-likeness (QED) is 0.595. The average Bonchev–Trinajstić information content (AvgIpc) is 3.25. The molecule has 0 radical (unpaired) electrons. The van der Waals surface area contributed by atoms with Gasteiger partial charge in [0.1, 0.15) is 12.1 Å². The van der Waals surface area contributed by atoms with Crippen LogP contribution in [0.15, 0.2) is 48.8 Å². The molecule has 144 valence electrons. The van der Waals surface area contributed by atoms with E-state index in [2.05, 4.69) is 26.2 Å². The molecule has 9 nitrogen and oxygen atoms in total. The zero-order valence-electron chi connectivity index (χ0n) is 15.5. The first-order valence-electron chi connectivity index (χ1n) is 8.63. The molecule has 2 aromatic carbocycles. The number of methoxy groups -OCH3 is 1. The van der Waals surface area contributed by atoms with Crippen LogP contribution in [-0.4, -0.2) is 52.2 Å². The number of carbonyl (C=O) groups excluding carboxylic acids is 2. The minimum absolute atomic E-state index is 0.210. The predicted molar refractivity (Wildman–Crippen MR) is 102 cm³/mol. The van der Waals surface area contributed by atoms with E-state index in [1.807, 2.05) is 6.92 Å². The van der Waals surface area contributed by atoms with Crippen molar-refractivity contribution in [2.45, 2.75) is 6.92 Å². The SMILES string of the molecule is COc1ccc(C(=O)NCCNC(=O)c2ccc(-n3cnnn3)c(C)c2)cc1. The topological polar surface area (TPSA) is 111 Å². The minimum atomic E-state index is -0.218. The van der Waals surface area contributed by atoms with Gasteiger partial charge in [-0.05, 0) is 65.4 Å². The molecule has 28 heavy (non-hydrogen) atoms. The van der Waals surface area contributed by atoms with Gasteiger partial charge in [-0.2, -0.15) is 0 Å². The molecule has 3 aromatic rings. The minimum Gasteiger partial charge on any atom is -0.497 e. The fraction of sp³-hybridized carbons (Fsp3) is 0.211. The van der Waals surface area contributed by atoms with Gasteiger partial charge in [0.2, 0.25) is 0 Å². The second-order valence-corrected chi connectivity index (χ2v) is 6.00. The van der Waals surface area contributed by atoms with Crippen LogP contribution in [0.1, 0.15) is 26.3 Å². The lowest BCUT2D eigenvalue weighted by molar-refractivity contribution is 0.0927. The van der Waals surface area contributed by atoms with Crippen molar-refractivity contribution in [3.05, 3.63) is 65.5 Å². The third-order valence-corrected chi connectivity index (χ3v) is 4.10. The Labute approximate surface area is 161 Å². The predicted octanol–water partition coefficient (Wildman–Crippen LogP) is 1.14. The van der Waals surface area contributed by atoms with Crippen LogP contribution in [0.5, 0.6) is 5.75 Å². The largest absolute Gasteiger partial charge is 0.497 e. The zero-order valence-corrected chi connectivity index (χ0v) is 15.5. The van der Waals surface area contributed by atoms with Crippen LogP contribution in [0, 0.1) is 6.92 Å². The number of nitrogens with one attached hydrogen (secondary N) is 2. The number of aromatic nitrogens is 4. The van der Waals surface area contributed by atoms with Gasteiger partial charge in [-0.1, -0.05) is 0 Å². The Hall–Kier alpha value is -3.75. The lowest BCUT2D eigenvalue weighted by atomic mass is 10.1. The smallest absolute Gasteiger partial charge is 0.251 e. The summed E-state index contributed by atoms with van der Waals surface area (Å²) in [6, 6.07) is 12.1. The third kappa shape index (κ3) is 4.50. The number of nitrogens with zero attached hydrogens (tertiary/aromatic N) is 4. The highest BCUT2D eigenvalue weighted by atomic mass is 16.5. The Morgan fingerprint density at radius 2 is 1.64 bits per heavy atom. The molecule has 0 bridgehead atoms. The third-order valence-electron chi connectivity index (χ3n) is 4.10. The molecule has 2 amide bonds. The molecule has 1 aromatic heterocycles. The van der Waals surface area contributed by atoms with Crippen LogP contribution in [0.4, 0.5) is 0 Å². The van der Waals surface area contributed by atoms with Gasteiger partial charge in [-0.25, -0.2) is 4.68 Å². The Morgan fingerprint density at radius 3 is 2.21 bits per heavy atom. The zero-order chi connectivity index (χ0) is 19.9. The highest BCUT2D eigenvalue weighted by Gasteiger charge is 2.10. The molecule has 0 aliphatic heterocycles. The molecule has 0 aliphatic rings. The maximum atomic E-state index is 12.3. The van der Waals surface area contributed by atoms with E-state index in [0.29, 0.717) is 30.0 Å². The van der Waals surface area contributed by atoms with Gasteiger partial charge in [-0.3, -0.25) is 9.59 Å². The summed E-state index contributed by atoms with van der Waals surface area (Å²) in [4.78, 5) is 24.4. The van der Waals surface area contributed by atoms with E-state index in [-0.39, 0.29) is 11.8 Å². The van der Waals surface area contributed by atoms with Gasteiger partial charge in [0.05, 0.1) is 12.8 Å². The van der Waals surface area contributed by atoms with Crippen LogP contribution >= 0.6 is 0 Å². The van der Waals surface area contributed by atoms with Crippen LogP contribution < -0.4 is 15.4 Å².